The molecule has 1 fully saturated rings. The topological polar surface area (TPSA) is 64.3 Å². The number of hydrogen-bond acceptors (Lipinski definition) is 8. The Kier molecular flexibility index (Phi) is 5.81. The van der Waals surface area contributed by atoms with Gasteiger partial charge in [0, 0.05) is 24.2 Å². The van der Waals surface area contributed by atoms with E-state index in [-0.39, 0.29) is 0 Å². The number of benzene rings is 1. The van der Waals surface area contributed by atoms with E-state index in [1.165, 1.54) is 0 Å². The van der Waals surface area contributed by atoms with Crippen LogP contribution >= 0.6 is 23.1 Å². The summed E-state index contributed by atoms with van der Waals surface area (Å²) in [6, 6.07) is 12.2. The number of oxazole rings is 1. The summed E-state index contributed by atoms with van der Waals surface area (Å²) in [5.74, 6) is 3.12. The Balaban J connectivity index is 1.39. The molecule has 8 heteroatoms. The fourth-order valence-corrected chi connectivity index (χ4v) is 5.13. The summed E-state index contributed by atoms with van der Waals surface area (Å²) in [7, 11) is 0. The molecular weight excluding hydrogens is 416 g/mol. The number of ether oxygens (including phenoxy) is 1. The second kappa shape index (κ2) is 8.85. The van der Waals surface area contributed by atoms with E-state index >= 15 is 0 Å². The molecule has 4 heterocycles. The van der Waals surface area contributed by atoms with Gasteiger partial charge in [-0.05, 0) is 24.4 Å². The predicted octanol–water partition coefficient (Wildman–Crippen LogP) is 4.78. The maximum absolute atomic E-state index is 5.89. The monoisotopic (exact) mass is 438 g/mol. The highest BCUT2D eigenvalue weighted by Crippen LogP contribution is 2.31. The second-order valence-electron chi connectivity index (χ2n) is 7.14. The van der Waals surface area contributed by atoms with Gasteiger partial charge in [0.1, 0.15) is 16.6 Å². The molecule has 6 nitrogen and oxygen atoms in total. The molecule has 0 aliphatic carbocycles. The average molecular weight is 439 g/mol. The summed E-state index contributed by atoms with van der Waals surface area (Å²) in [5, 5.41) is 4.10. The summed E-state index contributed by atoms with van der Waals surface area (Å²) in [6.07, 6.45) is 0. The van der Waals surface area contributed by atoms with Crippen molar-refractivity contribution in [2.75, 3.05) is 26.3 Å². The maximum Gasteiger partial charge on any atom is 0.236 e. The number of thioether (sulfide) groups is 1. The van der Waals surface area contributed by atoms with Crippen LogP contribution in [0.25, 0.3) is 21.7 Å². The SMILES string of the molecule is Cc1oc(-c2cccs2)nc1CSc1nc(CN2CCOCC2)nc2ccccc12. The fraction of sp³-hybridized carbons (Fsp3) is 0.318. The van der Waals surface area contributed by atoms with Crippen LogP contribution in [0, 0.1) is 6.92 Å². The minimum atomic E-state index is 0.693. The van der Waals surface area contributed by atoms with Crippen LogP contribution < -0.4 is 0 Å². The summed E-state index contributed by atoms with van der Waals surface area (Å²) in [5.41, 5.74) is 1.94. The number of rotatable bonds is 6. The Bertz CT molecular complexity index is 1140. The highest BCUT2D eigenvalue weighted by atomic mass is 32.2. The van der Waals surface area contributed by atoms with Crippen molar-refractivity contribution in [1.82, 2.24) is 19.9 Å². The largest absolute Gasteiger partial charge is 0.440 e. The van der Waals surface area contributed by atoms with Gasteiger partial charge >= 0.3 is 0 Å². The fourth-order valence-electron chi connectivity index (χ4n) is 3.44. The van der Waals surface area contributed by atoms with Crippen LogP contribution in [-0.4, -0.2) is 46.2 Å². The van der Waals surface area contributed by atoms with Crippen LogP contribution in [0.4, 0.5) is 0 Å². The minimum Gasteiger partial charge on any atom is -0.440 e. The van der Waals surface area contributed by atoms with Crippen molar-refractivity contribution in [3.8, 4) is 10.8 Å². The lowest BCUT2D eigenvalue weighted by atomic mass is 10.2. The predicted molar refractivity (Wildman–Crippen MR) is 120 cm³/mol. The van der Waals surface area contributed by atoms with E-state index in [1.807, 2.05) is 36.6 Å². The molecule has 1 aliphatic rings. The molecule has 30 heavy (non-hydrogen) atoms. The third-order valence-electron chi connectivity index (χ3n) is 5.05. The van der Waals surface area contributed by atoms with Crippen molar-refractivity contribution < 1.29 is 9.15 Å². The zero-order valence-corrected chi connectivity index (χ0v) is 18.3. The number of aryl methyl sites for hydroxylation is 1. The summed E-state index contributed by atoms with van der Waals surface area (Å²) < 4.78 is 11.4. The molecule has 1 saturated heterocycles. The Morgan fingerprint density at radius 3 is 2.77 bits per heavy atom. The Morgan fingerprint density at radius 2 is 1.93 bits per heavy atom. The van der Waals surface area contributed by atoms with Gasteiger partial charge in [0.15, 0.2) is 0 Å². The molecule has 1 aliphatic heterocycles. The van der Waals surface area contributed by atoms with E-state index in [0.29, 0.717) is 11.6 Å². The highest BCUT2D eigenvalue weighted by molar-refractivity contribution is 7.98. The summed E-state index contributed by atoms with van der Waals surface area (Å²) in [4.78, 5) is 17.8. The molecule has 0 radical (unpaired) electrons. The van der Waals surface area contributed by atoms with Crippen molar-refractivity contribution >= 4 is 34.0 Å². The smallest absolute Gasteiger partial charge is 0.236 e. The Labute approximate surface area is 183 Å². The average Bonchev–Trinajstić information content (AvgIpc) is 3.43. The van der Waals surface area contributed by atoms with Gasteiger partial charge < -0.3 is 9.15 Å². The van der Waals surface area contributed by atoms with Crippen LogP contribution in [0.3, 0.4) is 0 Å². The van der Waals surface area contributed by atoms with Gasteiger partial charge in [-0.15, -0.1) is 11.3 Å². The van der Waals surface area contributed by atoms with Gasteiger partial charge in [0.25, 0.3) is 0 Å². The molecule has 4 aromatic rings. The van der Waals surface area contributed by atoms with E-state index in [0.717, 1.165) is 70.9 Å². The molecule has 3 aromatic heterocycles. The first kappa shape index (κ1) is 19.7. The van der Waals surface area contributed by atoms with Crippen LogP contribution in [0.5, 0.6) is 0 Å². The molecule has 0 spiro atoms. The third kappa shape index (κ3) is 4.27. The van der Waals surface area contributed by atoms with Crippen molar-refractivity contribution in [1.29, 1.82) is 0 Å². The van der Waals surface area contributed by atoms with Gasteiger partial charge in [-0.3, -0.25) is 4.90 Å². The van der Waals surface area contributed by atoms with E-state index in [9.17, 15) is 0 Å². The zero-order chi connectivity index (χ0) is 20.3. The lowest BCUT2D eigenvalue weighted by Gasteiger charge is -2.25. The molecule has 0 atom stereocenters. The quantitative estimate of drug-likeness (QED) is 0.317. The van der Waals surface area contributed by atoms with E-state index < -0.39 is 0 Å². The second-order valence-corrected chi connectivity index (χ2v) is 9.05. The van der Waals surface area contributed by atoms with E-state index in [2.05, 4.69) is 17.0 Å². The molecule has 154 valence electrons. The van der Waals surface area contributed by atoms with Crippen LogP contribution in [-0.2, 0) is 17.0 Å². The minimum absolute atomic E-state index is 0.693. The van der Waals surface area contributed by atoms with E-state index in [4.69, 9.17) is 24.1 Å². The Hall–Kier alpha value is -2.26. The first-order chi connectivity index (χ1) is 14.8. The molecular formula is C22H22N4O2S2. The zero-order valence-electron chi connectivity index (χ0n) is 16.7. The molecule has 1 aromatic carbocycles. The van der Waals surface area contributed by atoms with Gasteiger partial charge in [-0.2, -0.15) is 0 Å². The molecule has 0 bridgehead atoms. The number of hydrogen-bond donors (Lipinski definition) is 0. The third-order valence-corrected chi connectivity index (χ3v) is 6.91. The van der Waals surface area contributed by atoms with Crippen molar-refractivity contribution in [2.45, 2.75) is 24.2 Å². The van der Waals surface area contributed by atoms with Gasteiger partial charge in [0.2, 0.25) is 5.89 Å². The van der Waals surface area contributed by atoms with Crippen molar-refractivity contribution in [3.63, 3.8) is 0 Å². The molecule has 0 saturated carbocycles. The van der Waals surface area contributed by atoms with Crippen molar-refractivity contribution in [2.24, 2.45) is 0 Å². The summed E-state index contributed by atoms with van der Waals surface area (Å²) >= 11 is 3.33. The lowest BCUT2D eigenvalue weighted by molar-refractivity contribution is 0.0330. The van der Waals surface area contributed by atoms with E-state index in [1.54, 1.807) is 23.1 Å². The number of morpholine rings is 1. The summed E-state index contributed by atoms with van der Waals surface area (Å²) in [6.45, 7) is 6.10. The Morgan fingerprint density at radius 1 is 1.07 bits per heavy atom. The standard InChI is InChI=1S/C22H22N4O2S2/c1-15-18(24-21(28-15)19-7-4-12-29-19)14-30-22-16-5-2-3-6-17(16)23-20(25-22)13-26-8-10-27-11-9-26/h2-7,12H,8-11,13-14H2,1H3. The molecule has 0 amide bonds. The highest BCUT2D eigenvalue weighted by Gasteiger charge is 2.17. The van der Waals surface area contributed by atoms with Gasteiger partial charge in [0.05, 0.1) is 35.8 Å². The first-order valence-electron chi connectivity index (χ1n) is 9.95. The molecule has 0 N–H and O–H groups in total. The lowest BCUT2D eigenvalue weighted by Crippen LogP contribution is -2.36. The van der Waals surface area contributed by atoms with Crippen molar-refractivity contribution in [3.05, 3.63) is 59.1 Å². The molecule has 0 unspecified atom stereocenters. The number of thiophene rings is 1. The number of fused-ring (bicyclic) bond motifs is 1. The molecule has 5 rings (SSSR count). The number of nitrogens with zero attached hydrogens (tertiary/aromatic N) is 4. The maximum atomic E-state index is 5.89. The normalized spacial score (nSPS) is 15.1. The van der Waals surface area contributed by atoms with Crippen LogP contribution in [0.15, 0.2) is 51.2 Å². The van der Waals surface area contributed by atoms with Crippen LogP contribution in [0.2, 0.25) is 0 Å². The van der Waals surface area contributed by atoms with Gasteiger partial charge in [-0.25, -0.2) is 15.0 Å². The number of para-hydroxylation sites is 1. The first-order valence-corrected chi connectivity index (χ1v) is 11.8. The van der Waals surface area contributed by atoms with Gasteiger partial charge in [-0.1, -0.05) is 36.0 Å². The van der Waals surface area contributed by atoms with Crippen LogP contribution in [0.1, 0.15) is 17.3 Å². The number of aromatic nitrogens is 3.